The van der Waals surface area contributed by atoms with E-state index in [0.717, 1.165) is 10.6 Å². The minimum Gasteiger partial charge on any atom is -0.481 e. The zero-order valence-corrected chi connectivity index (χ0v) is 13.9. The highest BCUT2D eigenvalue weighted by molar-refractivity contribution is 7.99. The number of thioether (sulfide) groups is 1. The number of hydrogen-bond donors (Lipinski definition) is 2. The number of hydroxylamine groups is 1. The molecule has 1 aromatic rings. The van der Waals surface area contributed by atoms with Gasteiger partial charge in [0.1, 0.15) is 12.4 Å². The van der Waals surface area contributed by atoms with Gasteiger partial charge in [-0.25, -0.2) is 5.48 Å². The summed E-state index contributed by atoms with van der Waals surface area (Å²) >= 11 is 1.60. The van der Waals surface area contributed by atoms with Gasteiger partial charge in [0.15, 0.2) is 0 Å². The monoisotopic (exact) mass is 335 g/mol. The van der Waals surface area contributed by atoms with Crippen molar-refractivity contribution in [3.05, 3.63) is 24.3 Å². The SMILES string of the molecule is CC#CCOc1ccc(SCC2(C(=O)NO)CCOCC2)cc1. The van der Waals surface area contributed by atoms with Crippen LogP contribution in [0.1, 0.15) is 19.8 Å². The quantitative estimate of drug-likeness (QED) is 0.362. The third kappa shape index (κ3) is 4.90. The molecule has 23 heavy (non-hydrogen) atoms. The zero-order chi connectivity index (χ0) is 16.5. The topological polar surface area (TPSA) is 67.8 Å². The van der Waals surface area contributed by atoms with Crippen molar-refractivity contribution < 1.29 is 19.5 Å². The molecule has 1 heterocycles. The summed E-state index contributed by atoms with van der Waals surface area (Å²) in [4.78, 5) is 13.1. The molecule has 0 aromatic heterocycles. The zero-order valence-electron chi connectivity index (χ0n) is 13.1. The van der Waals surface area contributed by atoms with E-state index in [1.807, 2.05) is 29.7 Å². The minimum atomic E-state index is -0.580. The van der Waals surface area contributed by atoms with Gasteiger partial charge in [-0.05, 0) is 44.0 Å². The maximum absolute atomic E-state index is 12.0. The van der Waals surface area contributed by atoms with Gasteiger partial charge in [-0.1, -0.05) is 5.92 Å². The Kier molecular flexibility index (Phi) is 6.78. The van der Waals surface area contributed by atoms with Crippen molar-refractivity contribution >= 4 is 17.7 Å². The lowest BCUT2D eigenvalue weighted by Gasteiger charge is -2.34. The van der Waals surface area contributed by atoms with E-state index in [1.54, 1.807) is 18.7 Å². The van der Waals surface area contributed by atoms with Crippen molar-refractivity contribution in [3.8, 4) is 17.6 Å². The lowest BCUT2D eigenvalue weighted by molar-refractivity contribution is -0.143. The third-order valence-electron chi connectivity index (χ3n) is 3.86. The van der Waals surface area contributed by atoms with E-state index in [2.05, 4.69) is 11.8 Å². The summed E-state index contributed by atoms with van der Waals surface area (Å²) in [7, 11) is 0. The van der Waals surface area contributed by atoms with Gasteiger partial charge < -0.3 is 9.47 Å². The third-order valence-corrected chi connectivity index (χ3v) is 5.16. The molecule has 1 amide bonds. The summed E-state index contributed by atoms with van der Waals surface area (Å²) in [6, 6.07) is 7.71. The highest BCUT2D eigenvalue weighted by Gasteiger charge is 2.40. The molecule has 1 saturated heterocycles. The second-order valence-electron chi connectivity index (χ2n) is 5.31. The molecule has 6 heteroatoms. The van der Waals surface area contributed by atoms with Gasteiger partial charge in [-0.15, -0.1) is 17.7 Å². The van der Waals surface area contributed by atoms with Crippen molar-refractivity contribution in [1.82, 2.24) is 5.48 Å². The standard InChI is InChI=1S/C17H21NO4S/c1-2-3-10-22-14-4-6-15(7-5-14)23-13-17(16(19)18-20)8-11-21-12-9-17/h4-7,20H,8-13H2,1H3,(H,18,19). The Balaban J connectivity index is 1.94. The van der Waals surface area contributed by atoms with Gasteiger partial charge in [0.25, 0.3) is 5.91 Å². The summed E-state index contributed by atoms with van der Waals surface area (Å²) in [6.07, 6.45) is 1.23. The average Bonchev–Trinajstić information content (AvgIpc) is 2.61. The largest absolute Gasteiger partial charge is 0.481 e. The van der Waals surface area contributed by atoms with Gasteiger partial charge in [-0.2, -0.15) is 0 Å². The molecule has 0 spiro atoms. The molecule has 0 radical (unpaired) electrons. The summed E-state index contributed by atoms with van der Waals surface area (Å²) in [6.45, 7) is 3.24. The molecule has 1 aliphatic heterocycles. The van der Waals surface area contributed by atoms with Crippen LogP contribution in [0.3, 0.4) is 0 Å². The highest BCUT2D eigenvalue weighted by Crippen LogP contribution is 2.37. The van der Waals surface area contributed by atoms with Crippen LogP contribution in [0.5, 0.6) is 5.75 Å². The van der Waals surface area contributed by atoms with E-state index < -0.39 is 5.41 Å². The Morgan fingerprint density at radius 2 is 2.09 bits per heavy atom. The number of rotatable bonds is 6. The van der Waals surface area contributed by atoms with Crippen LogP contribution in [0.2, 0.25) is 0 Å². The van der Waals surface area contributed by atoms with E-state index in [1.165, 1.54) is 0 Å². The van der Waals surface area contributed by atoms with Gasteiger partial charge in [0.2, 0.25) is 0 Å². The van der Waals surface area contributed by atoms with Crippen LogP contribution in [0, 0.1) is 17.3 Å². The van der Waals surface area contributed by atoms with Crippen molar-refractivity contribution in [2.75, 3.05) is 25.6 Å². The molecule has 0 saturated carbocycles. The van der Waals surface area contributed by atoms with Crippen LogP contribution >= 0.6 is 11.8 Å². The number of carbonyl (C=O) groups is 1. The molecule has 0 unspecified atom stereocenters. The molecule has 1 aromatic carbocycles. The fourth-order valence-electron chi connectivity index (χ4n) is 2.36. The molecule has 5 nitrogen and oxygen atoms in total. The first-order valence-electron chi connectivity index (χ1n) is 7.48. The molecule has 2 rings (SSSR count). The molecule has 2 N–H and O–H groups in total. The second kappa shape index (κ2) is 8.82. The van der Waals surface area contributed by atoms with E-state index in [9.17, 15) is 4.79 Å². The van der Waals surface area contributed by atoms with Crippen LogP contribution in [0.4, 0.5) is 0 Å². The Hall–Kier alpha value is -1.68. The van der Waals surface area contributed by atoms with Crippen molar-refractivity contribution in [2.24, 2.45) is 5.41 Å². The number of nitrogens with one attached hydrogen (secondary N) is 1. The van der Waals surface area contributed by atoms with Gasteiger partial charge in [0.05, 0.1) is 5.41 Å². The van der Waals surface area contributed by atoms with E-state index in [-0.39, 0.29) is 5.91 Å². The second-order valence-corrected chi connectivity index (χ2v) is 6.36. The van der Waals surface area contributed by atoms with Crippen LogP contribution in [-0.2, 0) is 9.53 Å². The average molecular weight is 335 g/mol. The lowest BCUT2D eigenvalue weighted by Crippen LogP contribution is -2.45. The highest BCUT2D eigenvalue weighted by atomic mass is 32.2. The summed E-state index contributed by atoms with van der Waals surface area (Å²) < 4.78 is 10.8. The van der Waals surface area contributed by atoms with E-state index in [0.29, 0.717) is 38.4 Å². The van der Waals surface area contributed by atoms with Crippen LogP contribution < -0.4 is 10.2 Å². The molecular formula is C17H21NO4S. The van der Waals surface area contributed by atoms with Crippen molar-refractivity contribution in [2.45, 2.75) is 24.7 Å². The Morgan fingerprint density at radius 3 is 2.70 bits per heavy atom. The Morgan fingerprint density at radius 1 is 1.39 bits per heavy atom. The predicted octanol–water partition coefficient (Wildman–Crippen LogP) is 2.48. The first kappa shape index (κ1) is 17.7. The summed E-state index contributed by atoms with van der Waals surface area (Å²) in [5, 5.41) is 9.01. The minimum absolute atomic E-state index is 0.327. The summed E-state index contributed by atoms with van der Waals surface area (Å²) in [5.74, 6) is 6.67. The van der Waals surface area contributed by atoms with Crippen molar-refractivity contribution in [3.63, 3.8) is 0 Å². The van der Waals surface area contributed by atoms with Crippen molar-refractivity contribution in [1.29, 1.82) is 0 Å². The Labute approximate surface area is 140 Å². The number of amides is 1. The van der Waals surface area contributed by atoms with Gasteiger partial charge in [0, 0.05) is 23.9 Å². The van der Waals surface area contributed by atoms with Gasteiger partial charge in [-0.3, -0.25) is 10.0 Å². The number of hydrogen-bond acceptors (Lipinski definition) is 5. The molecule has 0 aliphatic carbocycles. The molecular weight excluding hydrogens is 314 g/mol. The van der Waals surface area contributed by atoms with Crippen LogP contribution in [0.25, 0.3) is 0 Å². The fraction of sp³-hybridized carbons (Fsp3) is 0.471. The van der Waals surface area contributed by atoms with Crippen LogP contribution in [0.15, 0.2) is 29.2 Å². The molecule has 124 valence electrons. The maximum Gasteiger partial charge on any atom is 0.250 e. The first-order valence-corrected chi connectivity index (χ1v) is 8.46. The smallest absolute Gasteiger partial charge is 0.250 e. The summed E-state index contributed by atoms with van der Waals surface area (Å²) in [5.41, 5.74) is 1.23. The number of carbonyl (C=O) groups excluding carboxylic acids is 1. The van der Waals surface area contributed by atoms with Crippen LogP contribution in [-0.4, -0.2) is 36.7 Å². The normalized spacial score (nSPS) is 16.1. The molecule has 0 bridgehead atoms. The molecule has 1 aliphatic rings. The Bertz CT molecular complexity index is 570. The molecule has 0 atom stereocenters. The van der Waals surface area contributed by atoms with E-state index >= 15 is 0 Å². The van der Waals surface area contributed by atoms with E-state index in [4.69, 9.17) is 14.7 Å². The van der Waals surface area contributed by atoms with Gasteiger partial charge >= 0.3 is 0 Å². The number of ether oxygens (including phenoxy) is 2. The fourth-order valence-corrected chi connectivity index (χ4v) is 3.55. The lowest BCUT2D eigenvalue weighted by atomic mass is 9.81. The predicted molar refractivity (Wildman–Crippen MR) is 88.5 cm³/mol. The first-order chi connectivity index (χ1) is 11.2. The molecule has 1 fully saturated rings. The maximum atomic E-state index is 12.0. The number of benzene rings is 1.